The van der Waals surface area contributed by atoms with Gasteiger partial charge in [0.2, 0.25) is 0 Å². The van der Waals surface area contributed by atoms with E-state index in [2.05, 4.69) is 17.4 Å². The van der Waals surface area contributed by atoms with Gasteiger partial charge in [-0.3, -0.25) is 9.59 Å². The molecule has 1 spiro atoms. The average Bonchev–Trinajstić information content (AvgIpc) is 2.71. The maximum Gasteiger partial charge on any atom is 0.307 e. The third kappa shape index (κ3) is 2.74. The first-order valence-electron chi connectivity index (χ1n) is 8.68. The van der Waals surface area contributed by atoms with Crippen molar-refractivity contribution in [2.24, 2.45) is 0 Å². The molecule has 1 aliphatic carbocycles. The van der Waals surface area contributed by atoms with Crippen LogP contribution in [0.5, 0.6) is 0 Å². The van der Waals surface area contributed by atoms with Crippen molar-refractivity contribution in [2.45, 2.75) is 65.3 Å². The molecule has 128 valence electrons. The lowest BCUT2D eigenvalue weighted by molar-refractivity contribution is -0.138. The number of amides is 1. The summed E-state index contributed by atoms with van der Waals surface area (Å²) in [7, 11) is 0. The van der Waals surface area contributed by atoms with Gasteiger partial charge in [0.25, 0.3) is 5.91 Å². The van der Waals surface area contributed by atoms with Gasteiger partial charge in [-0.15, -0.1) is 0 Å². The molecule has 0 radical (unpaired) electrons. The molecule has 1 amide bonds. The maximum atomic E-state index is 12.9. The quantitative estimate of drug-likeness (QED) is 0.842. The van der Waals surface area contributed by atoms with Gasteiger partial charge in [-0.1, -0.05) is 37.0 Å². The molecule has 0 unspecified atom stereocenters. The second kappa shape index (κ2) is 6.08. The highest BCUT2D eigenvalue weighted by Gasteiger charge is 2.48. The van der Waals surface area contributed by atoms with E-state index in [0.717, 1.165) is 54.4 Å². The molecule has 0 saturated heterocycles. The Morgan fingerprint density at radius 3 is 2.21 bits per heavy atom. The molecule has 1 N–H and O–H groups in total. The van der Waals surface area contributed by atoms with E-state index in [4.69, 9.17) is 4.74 Å². The van der Waals surface area contributed by atoms with Gasteiger partial charge in [0, 0.05) is 6.92 Å². The Balaban J connectivity index is 2.22. The minimum Gasteiger partial charge on any atom is -0.428 e. The number of carbonyl (C=O) groups excluding carboxylic acids is 2. The minimum absolute atomic E-state index is 0.122. The maximum absolute atomic E-state index is 12.9. The lowest BCUT2D eigenvalue weighted by Gasteiger charge is -2.34. The molecule has 1 aliphatic heterocycles. The summed E-state index contributed by atoms with van der Waals surface area (Å²) in [5.74, 6) is 0.0457. The number of hydrogen-bond acceptors (Lipinski definition) is 3. The highest BCUT2D eigenvalue weighted by molar-refractivity contribution is 6.24. The predicted octanol–water partition coefficient (Wildman–Crippen LogP) is 3.72. The highest BCUT2D eigenvalue weighted by atomic mass is 16.5. The van der Waals surface area contributed by atoms with Crippen molar-refractivity contribution in [3.8, 4) is 0 Å². The molecule has 2 aliphatic rings. The van der Waals surface area contributed by atoms with Gasteiger partial charge in [-0.05, 0) is 50.3 Å². The standard InChI is InChI=1S/C20H25NO3/c1-12-10-13(2)16(14(3)11-12)17-18(24-15(4)22)20(21-19(17)23)8-6-5-7-9-20/h10-11H,5-9H2,1-4H3,(H,21,23). The molecule has 0 atom stereocenters. The second-order valence-electron chi connectivity index (χ2n) is 7.17. The molecule has 1 fully saturated rings. The number of nitrogens with one attached hydrogen (secondary N) is 1. The van der Waals surface area contributed by atoms with E-state index < -0.39 is 5.54 Å². The van der Waals surface area contributed by atoms with Gasteiger partial charge in [0.1, 0.15) is 5.76 Å². The Hall–Kier alpha value is -2.10. The predicted molar refractivity (Wildman–Crippen MR) is 93.3 cm³/mol. The van der Waals surface area contributed by atoms with Crippen LogP contribution in [0.1, 0.15) is 61.3 Å². The summed E-state index contributed by atoms with van der Waals surface area (Å²) in [6.45, 7) is 7.46. The normalized spacial score (nSPS) is 19.6. The van der Waals surface area contributed by atoms with Gasteiger partial charge in [-0.2, -0.15) is 0 Å². The Kier molecular flexibility index (Phi) is 4.24. The van der Waals surface area contributed by atoms with Gasteiger partial charge in [0.05, 0.1) is 11.1 Å². The van der Waals surface area contributed by atoms with Crippen LogP contribution in [-0.4, -0.2) is 17.4 Å². The fraction of sp³-hybridized carbons (Fsp3) is 0.500. The number of carbonyl (C=O) groups is 2. The van der Waals surface area contributed by atoms with Gasteiger partial charge >= 0.3 is 5.97 Å². The summed E-state index contributed by atoms with van der Waals surface area (Å²) < 4.78 is 5.64. The minimum atomic E-state index is -0.514. The van der Waals surface area contributed by atoms with E-state index in [9.17, 15) is 9.59 Å². The van der Waals surface area contributed by atoms with Crippen LogP contribution < -0.4 is 5.32 Å². The lowest BCUT2D eigenvalue weighted by Crippen LogP contribution is -2.46. The smallest absolute Gasteiger partial charge is 0.307 e. The first kappa shape index (κ1) is 16.7. The van der Waals surface area contributed by atoms with Crippen molar-refractivity contribution in [1.82, 2.24) is 5.32 Å². The molecule has 0 aromatic heterocycles. The van der Waals surface area contributed by atoms with E-state index in [-0.39, 0.29) is 11.9 Å². The van der Waals surface area contributed by atoms with Crippen molar-refractivity contribution in [3.05, 3.63) is 40.1 Å². The van der Waals surface area contributed by atoms with Crippen LogP contribution in [0.3, 0.4) is 0 Å². The van der Waals surface area contributed by atoms with Gasteiger partial charge < -0.3 is 10.1 Å². The molecular formula is C20H25NO3. The summed E-state index contributed by atoms with van der Waals surface area (Å²) in [5, 5.41) is 3.15. The third-order valence-corrected chi connectivity index (χ3v) is 5.12. The SMILES string of the molecule is CC(=O)OC1=C(c2c(C)cc(C)cc2C)C(=O)NC12CCCCC2. The van der Waals surface area contributed by atoms with Gasteiger partial charge in [-0.25, -0.2) is 0 Å². The van der Waals surface area contributed by atoms with Crippen molar-refractivity contribution in [1.29, 1.82) is 0 Å². The lowest BCUT2D eigenvalue weighted by atomic mass is 9.80. The van der Waals surface area contributed by atoms with E-state index in [0.29, 0.717) is 11.3 Å². The van der Waals surface area contributed by atoms with Crippen LogP contribution in [0, 0.1) is 20.8 Å². The monoisotopic (exact) mass is 327 g/mol. The summed E-state index contributed by atoms with van der Waals surface area (Å²) in [6, 6.07) is 4.14. The number of esters is 1. The van der Waals surface area contributed by atoms with Gasteiger partial charge in [0.15, 0.2) is 0 Å². The van der Waals surface area contributed by atoms with Crippen LogP contribution in [0.25, 0.3) is 5.57 Å². The van der Waals surface area contributed by atoms with E-state index in [1.165, 1.54) is 6.92 Å². The fourth-order valence-corrected chi connectivity index (χ4v) is 4.28. The van der Waals surface area contributed by atoms with E-state index in [1.807, 2.05) is 20.8 Å². The molecule has 4 nitrogen and oxygen atoms in total. The fourth-order valence-electron chi connectivity index (χ4n) is 4.28. The summed E-state index contributed by atoms with van der Waals surface area (Å²) >= 11 is 0. The van der Waals surface area contributed by atoms with Crippen molar-refractivity contribution >= 4 is 17.4 Å². The summed E-state index contributed by atoms with van der Waals surface area (Å²) in [5.41, 5.74) is 4.17. The van der Waals surface area contributed by atoms with Crippen LogP contribution in [0.15, 0.2) is 17.9 Å². The molecule has 1 aromatic carbocycles. The zero-order valence-electron chi connectivity index (χ0n) is 14.9. The number of ether oxygens (including phenoxy) is 1. The average molecular weight is 327 g/mol. The summed E-state index contributed by atoms with van der Waals surface area (Å²) in [4.78, 5) is 24.6. The Morgan fingerprint density at radius 2 is 1.67 bits per heavy atom. The number of benzene rings is 1. The molecule has 1 saturated carbocycles. The van der Waals surface area contributed by atoms with Crippen molar-refractivity contribution in [2.75, 3.05) is 0 Å². The highest BCUT2D eigenvalue weighted by Crippen LogP contribution is 2.44. The third-order valence-electron chi connectivity index (χ3n) is 5.12. The largest absolute Gasteiger partial charge is 0.428 e. The van der Waals surface area contributed by atoms with Crippen LogP contribution >= 0.6 is 0 Å². The molecule has 1 aromatic rings. The zero-order chi connectivity index (χ0) is 17.5. The van der Waals surface area contributed by atoms with Crippen LogP contribution in [0.4, 0.5) is 0 Å². The molecule has 24 heavy (non-hydrogen) atoms. The molecule has 4 heteroatoms. The van der Waals surface area contributed by atoms with Crippen molar-refractivity contribution < 1.29 is 14.3 Å². The van der Waals surface area contributed by atoms with E-state index in [1.54, 1.807) is 0 Å². The molecule has 3 rings (SSSR count). The molecule has 1 heterocycles. The topological polar surface area (TPSA) is 55.4 Å². The first-order valence-corrected chi connectivity index (χ1v) is 8.68. The van der Waals surface area contributed by atoms with E-state index >= 15 is 0 Å². The number of hydrogen-bond donors (Lipinski definition) is 1. The zero-order valence-corrected chi connectivity index (χ0v) is 14.9. The number of rotatable bonds is 2. The number of aryl methyl sites for hydroxylation is 3. The molecular weight excluding hydrogens is 302 g/mol. The Bertz CT molecular complexity index is 716. The summed E-state index contributed by atoms with van der Waals surface area (Å²) in [6.07, 6.45) is 4.88. The molecule has 0 bridgehead atoms. The Morgan fingerprint density at radius 1 is 1.08 bits per heavy atom. The Labute approximate surface area is 143 Å². The van der Waals surface area contributed by atoms with Crippen LogP contribution in [-0.2, 0) is 14.3 Å². The van der Waals surface area contributed by atoms with Crippen molar-refractivity contribution in [3.63, 3.8) is 0 Å². The van der Waals surface area contributed by atoms with Crippen LogP contribution in [0.2, 0.25) is 0 Å². The first-order chi connectivity index (χ1) is 11.3. The second-order valence-corrected chi connectivity index (χ2v) is 7.17.